The second-order valence-corrected chi connectivity index (χ2v) is 14.2. The lowest BCUT2D eigenvalue weighted by Gasteiger charge is -2.32. The molecule has 5 heterocycles. The average molecular weight is 698 g/mol. The van der Waals surface area contributed by atoms with E-state index in [9.17, 15) is 19.5 Å². The maximum Gasteiger partial charge on any atom is 0.305 e. The average Bonchev–Trinajstić information content (AvgIpc) is 3.76. The number of allylic oxidation sites excluding steroid dienone is 2. The molecule has 0 radical (unpaired) electrons. The number of H-pyrrole nitrogens is 2. The first-order valence-electron chi connectivity index (χ1n) is 17.7. The molecule has 11 heteroatoms. The molecule has 0 saturated carbocycles. The van der Waals surface area contributed by atoms with E-state index in [1.54, 1.807) is 19.0 Å². The molecule has 3 N–H and O–H groups in total. The molecule has 5 rings (SSSR count). The zero-order valence-corrected chi connectivity index (χ0v) is 31.2. The van der Waals surface area contributed by atoms with Gasteiger partial charge < -0.3 is 29.4 Å². The lowest BCUT2D eigenvalue weighted by Crippen LogP contribution is -2.34. The Morgan fingerprint density at radius 3 is 2.24 bits per heavy atom. The largest absolute Gasteiger partial charge is 0.469 e. The number of aromatic amines is 2. The summed E-state index contributed by atoms with van der Waals surface area (Å²) in [4.78, 5) is 57.2. The summed E-state index contributed by atoms with van der Waals surface area (Å²) in [7, 11) is 6.33. The van der Waals surface area contributed by atoms with Crippen LogP contribution < -0.4 is 0 Å². The van der Waals surface area contributed by atoms with Crippen molar-refractivity contribution in [2.45, 2.75) is 90.4 Å². The first kappa shape index (κ1) is 37.5. The van der Waals surface area contributed by atoms with E-state index < -0.39 is 5.41 Å². The number of methoxy groups -OCH3 is 2. The Labute approximate surface area is 299 Å². The maximum atomic E-state index is 13.4. The van der Waals surface area contributed by atoms with Crippen molar-refractivity contribution >= 4 is 51.1 Å². The number of aryl methyl sites for hydroxylation is 3. The zero-order valence-electron chi connectivity index (χ0n) is 31.2. The summed E-state index contributed by atoms with van der Waals surface area (Å²) in [6, 6.07) is 10.3. The smallest absolute Gasteiger partial charge is 0.305 e. The van der Waals surface area contributed by atoms with Crippen LogP contribution in [-0.2, 0) is 35.7 Å². The van der Waals surface area contributed by atoms with Crippen LogP contribution in [0.25, 0.3) is 33.2 Å². The Morgan fingerprint density at radius 2 is 1.57 bits per heavy atom. The normalized spacial score (nSPS) is 17.1. The molecule has 3 aromatic heterocycles. The lowest BCUT2D eigenvalue weighted by molar-refractivity contribution is -0.141. The molecular weight excluding hydrogens is 646 g/mol. The van der Waals surface area contributed by atoms with Crippen LogP contribution in [0, 0.1) is 13.8 Å². The highest BCUT2D eigenvalue weighted by Crippen LogP contribution is 2.48. The van der Waals surface area contributed by atoms with Gasteiger partial charge in [0.05, 0.1) is 25.6 Å². The maximum absolute atomic E-state index is 13.4. The van der Waals surface area contributed by atoms with Crippen molar-refractivity contribution in [3.8, 4) is 0 Å². The van der Waals surface area contributed by atoms with Gasteiger partial charge in [0.25, 0.3) is 0 Å². The van der Waals surface area contributed by atoms with E-state index in [0.29, 0.717) is 19.3 Å². The molecule has 2 aliphatic heterocycles. The molecule has 2 aliphatic rings. The fourth-order valence-electron chi connectivity index (χ4n) is 7.32. The molecule has 0 aromatic carbocycles. The van der Waals surface area contributed by atoms with Gasteiger partial charge in [-0.05, 0) is 105 Å². The van der Waals surface area contributed by atoms with E-state index in [1.165, 1.54) is 14.2 Å². The fourth-order valence-corrected chi connectivity index (χ4v) is 7.32. The van der Waals surface area contributed by atoms with E-state index in [2.05, 4.69) is 42.0 Å². The minimum absolute atomic E-state index is 0.0139. The van der Waals surface area contributed by atoms with E-state index in [-0.39, 0.29) is 49.6 Å². The van der Waals surface area contributed by atoms with E-state index >= 15 is 0 Å². The highest BCUT2D eigenvalue weighted by Gasteiger charge is 2.44. The number of nitrogens with one attached hydrogen (secondary N) is 2. The summed E-state index contributed by atoms with van der Waals surface area (Å²) in [5, 5.41) is 9.68. The number of amides is 1. The molecule has 1 amide bonds. The molecule has 11 nitrogen and oxygen atoms in total. The molecule has 2 atom stereocenters. The molecular formula is C40H51N5O6. The van der Waals surface area contributed by atoms with E-state index in [0.717, 1.165) is 85.5 Å². The van der Waals surface area contributed by atoms with Gasteiger partial charge in [0.15, 0.2) is 0 Å². The van der Waals surface area contributed by atoms with Crippen molar-refractivity contribution in [3.63, 3.8) is 0 Å². The van der Waals surface area contributed by atoms with Gasteiger partial charge in [0.2, 0.25) is 5.91 Å². The van der Waals surface area contributed by atoms with Crippen LogP contribution in [-0.4, -0.2) is 82.7 Å². The third kappa shape index (κ3) is 7.93. The van der Waals surface area contributed by atoms with Crippen molar-refractivity contribution in [1.82, 2.24) is 24.8 Å². The predicted molar refractivity (Wildman–Crippen MR) is 199 cm³/mol. The number of hydrogen-bond donors (Lipinski definition) is 3. The van der Waals surface area contributed by atoms with Gasteiger partial charge in [-0.25, -0.2) is 4.98 Å². The SMILES string of the molecule is COC(=O)CCC1=C(C)c2cc3nc(cc4cc(C)c(cc5[nH]c(cc1n2)c(CCC(=O)OC)c5C)[nH]4)[C@](C)(CC(=O)N(C)C)[C@@H]3CCCCO. The fraction of sp³-hybridized carbons (Fsp3) is 0.475. The lowest BCUT2D eigenvalue weighted by atomic mass is 9.70. The summed E-state index contributed by atoms with van der Waals surface area (Å²) < 4.78 is 9.96. The first-order valence-corrected chi connectivity index (χ1v) is 17.7. The highest BCUT2D eigenvalue weighted by atomic mass is 16.5. The number of carbonyl (C=O) groups excluding carboxylic acids is 3. The Bertz CT molecular complexity index is 2020. The third-order valence-electron chi connectivity index (χ3n) is 10.6. The number of aliphatic hydroxyl groups is 1. The Morgan fingerprint density at radius 1 is 0.863 bits per heavy atom. The van der Waals surface area contributed by atoms with Crippen LogP contribution in [0.4, 0.5) is 0 Å². The molecule has 0 aliphatic carbocycles. The number of unbranched alkanes of at least 4 members (excludes halogenated alkanes) is 1. The van der Waals surface area contributed by atoms with Crippen LogP contribution in [0.2, 0.25) is 0 Å². The Hall–Kier alpha value is -4.77. The van der Waals surface area contributed by atoms with Crippen molar-refractivity contribution < 1.29 is 29.0 Å². The summed E-state index contributed by atoms with van der Waals surface area (Å²) in [5.41, 5.74) is 10.9. The third-order valence-corrected chi connectivity index (χ3v) is 10.6. The van der Waals surface area contributed by atoms with E-state index in [1.807, 2.05) is 26.0 Å². The summed E-state index contributed by atoms with van der Waals surface area (Å²) >= 11 is 0. The standard InChI is InChI=1S/C40H51N5O6/c1-23-17-26-18-36-40(4,22-37(47)45(5)6)29(11-9-10-16-46)35(44-36)20-32-25(3)28(13-15-39(49)51-8)34(43-32)21-33-27(12-14-38(48)50-7)24(2)31(42-33)19-30(23)41-26/h17-21,29,41-42,46H,9-16,22H2,1-8H3/t29-,40-/m1/s1. The Balaban J connectivity index is 1.86. The van der Waals surface area contributed by atoms with Crippen molar-refractivity contribution in [2.24, 2.45) is 0 Å². The number of aliphatic hydroxyl groups excluding tert-OH is 1. The van der Waals surface area contributed by atoms with Gasteiger partial charge in [0.1, 0.15) is 0 Å². The second kappa shape index (κ2) is 15.6. The van der Waals surface area contributed by atoms with Crippen LogP contribution in [0.15, 0.2) is 30.3 Å². The van der Waals surface area contributed by atoms with Gasteiger partial charge in [0, 0.05) is 84.8 Å². The highest BCUT2D eigenvalue weighted by molar-refractivity contribution is 5.93. The second-order valence-electron chi connectivity index (χ2n) is 14.2. The number of nitrogens with zero attached hydrogens (tertiary/aromatic N) is 3. The zero-order chi connectivity index (χ0) is 37.0. The molecule has 0 saturated heterocycles. The van der Waals surface area contributed by atoms with Crippen molar-refractivity contribution in [2.75, 3.05) is 34.9 Å². The van der Waals surface area contributed by atoms with Crippen molar-refractivity contribution in [3.05, 3.63) is 69.8 Å². The number of carbonyl (C=O) groups is 3. The van der Waals surface area contributed by atoms with Gasteiger partial charge in [-0.2, -0.15) is 0 Å². The number of esters is 2. The molecule has 0 unspecified atom stereocenters. The molecule has 272 valence electrons. The van der Waals surface area contributed by atoms with Crippen LogP contribution >= 0.6 is 0 Å². The number of aromatic nitrogens is 4. The van der Waals surface area contributed by atoms with Gasteiger partial charge >= 0.3 is 11.9 Å². The number of rotatable bonds is 12. The summed E-state index contributed by atoms with van der Waals surface area (Å²) in [6.45, 7) is 8.32. The van der Waals surface area contributed by atoms with E-state index in [4.69, 9.17) is 19.4 Å². The molecule has 8 bridgehead atoms. The van der Waals surface area contributed by atoms with Gasteiger partial charge in [-0.3, -0.25) is 19.4 Å². The van der Waals surface area contributed by atoms with Crippen LogP contribution in [0.5, 0.6) is 0 Å². The summed E-state index contributed by atoms with van der Waals surface area (Å²) in [5.74, 6) is -0.695. The monoisotopic (exact) mass is 697 g/mol. The molecule has 3 aromatic rings. The first-order chi connectivity index (χ1) is 24.3. The molecule has 0 fully saturated rings. The quantitative estimate of drug-likeness (QED) is 0.142. The Kier molecular flexibility index (Phi) is 11.5. The molecule has 51 heavy (non-hydrogen) atoms. The van der Waals surface area contributed by atoms with Crippen molar-refractivity contribution in [1.29, 1.82) is 0 Å². The van der Waals surface area contributed by atoms with Crippen LogP contribution in [0.3, 0.4) is 0 Å². The molecule has 0 spiro atoms. The minimum atomic E-state index is -0.623. The number of fused-ring (bicyclic) bond motifs is 8. The predicted octanol–water partition coefficient (Wildman–Crippen LogP) is 6.60. The summed E-state index contributed by atoms with van der Waals surface area (Å²) in [6.07, 6.45) is 3.74. The topological polar surface area (TPSA) is 150 Å². The van der Waals surface area contributed by atoms with Gasteiger partial charge in [-0.1, -0.05) is 13.3 Å². The van der Waals surface area contributed by atoms with Gasteiger partial charge in [-0.15, -0.1) is 0 Å². The number of ether oxygens (including phenoxy) is 2. The minimum Gasteiger partial charge on any atom is -0.469 e. The number of hydrogen-bond acceptors (Lipinski definition) is 8. The van der Waals surface area contributed by atoms with Crippen LogP contribution in [0.1, 0.15) is 104 Å².